The fourth-order valence-corrected chi connectivity index (χ4v) is 2.35. The molecule has 0 aliphatic rings. The molecule has 0 N–H and O–H groups in total. The lowest BCUT2D eigenvalue weighted by Gasteiger charge is -2.13. The highest BCUT2D eigenvalue weighted by molar-refractivity contribution is 9.10. The molecule has 0 amide bonds. The summed E-state index contributed by atoms with van der Waals surface area (Å²) in [6.07, 6.45) is 3.43. The van der Waals surface area contributed by atoms with Crippen LogP contribution in [0.4, 0.5) is 0 Å². The third-order valence-corrected chi connectivity index (χ3v) is 3.46. The first-order valence-corrected chi connectivity index (χ1v) is 7.01. The van der Waals surface area contributed by atoms with Crippen LogP contribution in [0.5, 0.6) is 11.5 Å². The molecule has 0 atom stereocenters. The normalized spacial score (nSPS) is 10.3. The number of methoxy groups -OCH3 is 1. The van der Waals surface area contributed by atoms with E-state index >= 15 is 0 Å². The molecule has 20 heavy (non-hydrogen) atoms. The van der Waals surface area contributed by atoms with Crippen LogP contribution in [0, 0.1) is 0 Å². The van der Waals surface area contributed by atoms with E-state index in [1.54, 1.807) is 25.6 Å². The number of hydrogen-bond donors (Lipinski definition) is 0. The molecule has 1 aromatic carbocycles. The SMILES string of the molecule is COCOc1ccc(Br)c(OCc2ccncc2)c1Cl. The van der Waals surface area contributed by atoms with Crippen LogP contribution in [-0.4, -0.2) is 18.9 Å². The molecule has 0 fully saturated rings. The van der Waals surface area contributed by atoms with Crippen LogP contribution in [0.2, 0.25) is 5.02 Å². The predicted octanol–water partition coefficient (Wildman–Crippen LogP) is 4.06. The Kier molecular flexibility index (Phi) is 5.64. The smallest absolute Gasteiger partial charge is 0.188 e. The third kappa shape index (κ3) is 3.85. The zero-order valence-corrected chi connectivity index (χ0v) is 13.1. The van der Waals surface area contributed by atoms with Gasteiger partial charge in [0.25, 0.3) is 0 Å². The Morgan fingerprint density at radius 2 is 1.90 bits per heavy atom. The monoisotopic (exact) mass is 357 g/mol. The van der Waals surface area contributed by atoms with Crippen molar-refractivity contribution in [1.29, 1.82) is 0 Å². The Morgan fingerprint density at radius 3 is 2.60 bits per heavy atom. The average Bonchev–Trinajstić information content (AvgIpc) is 2.47. The molecule has 1 heterocycles. The van der Waals surface area contributed by atoms with Crippen molar-refractivity contribution in [2.75, 3.05) is 13.9 Å². The summed E-state index contributed by atoms with van der Waals surface area (Å²) in [6, 6.07) is 7.34. The second-order valence-corrected chi connectivity index (χ2v) is 5.12. The van der Waals surface area contributed by atoms with E-state index in [9.17, 15) is 0 Å². The Hall–Kier alpha value is -1.30. The fourth-order valence-electron chi connectivity index (χ4n) is 1.52. The molecule has 0 radical (unpaired) electrons. The molecular formula is C14H13BrClNO3. The first kappa shape index (κ1) is 15.1. The predicted molar refractivity (Wildman–Crippen MR) is 80.2 cm³/mol. The molecule has 106 valence electrons. The van der Waals surface area contributed by atoms with Crippen molar-refractivity contribution in [2.24, 2.45) is 0 Å². The number of nitrogens with zero attached hydrogens (tertiary/aromatic N) is 1. The van der Waals surface area contributed by atoms with Gasteiger partial charge in [0.05, 0.1) is 4.47 Å². The molecule has 0 saturated heterocycles. The highest BCUT2D eigenvalue weighted by atomic mass is 79.9. The van der Waals surface area contributed by atoms with Crippen molar-refractivity contribution in [1.82, 2.24) is 4.98 Å². The van der Waals surface area contributed by atoms with Gasteiger partial charge in [0.15, 0.2) is 12.5 Å². The molecule has 2 aromatic rings. The van der Waals surface area contributed by atoms with E-state index < -0.39 is 0 Å². The van der Waals surface area contributed by atoms with Crippen LogP contribution in [-0.2, 0) is 11.3 Å². The number of ether oxygens (including phenoxy) is 3. The maximum absolute atomic E-state index is 6.27. The van der Waals surface area contributed by atoms with Gasteiger partial charge < -0.3 is 14.2 Å². The molecule has 0 saturated carbocycles. The number of hydrogen-bond acceptors (Lipinski definition) is 4. The van der Waals surface area contributed by atoms with E-state index in [-0.39, 0.29) is 6.79 Å². The Labute approximate surface area is 130 Å². The maximum atomic E-state index is 6.27. The van der Waals surface area contributed by atoms with Gasteiger partial charge in [-0.25, -0.2) is 0 Å². The number of aromatic nitrogens is 1. The summed E-state index contributed by atoms with van der Waals surface area (Å²) in [7, 11) is 1.55. The average molecular weight is 359 g/mol. The molecule has 0 bridgehead atoms. The summed E-state index contributed by atoms with van der Waals surface area (Å²) in [5.41, 5.74) is 1.01. The highest BCUT2D eigenvalue weighted by Crippen LogP contribution is 2.40. The van der Waals surface area contributed by atoms with Crippen molar-refractivity contribution in [3.8, 4) is 11.5 Å². The molecule has 0 unspecified atom stereocenters. The van der Waals surface area contributed by atoms with Gasteiger partial charge in [0, 0.05) is 19.5 Å². The molecule has 6 heteroatoms. The fraction of sp³-hybridized carbons (Fsp3) is 0.214. The minimum absolute atomic E-state index is 0.130. The summed E-state index contributed by atoms with van der Waals surface area (Å²) >= 11 is 9.68. The number of rotatable bonds is 6. The molecular weight excluding hydrogens is 346 g/mol. The quantitative estimate of drug-likeness (QED) is 0.730. The summed E-state index contributed by atoms with van der Waals surface area (Å²) < 4.78 is 16.7. The Morgan fingerprint density at radius 1 is 1.15 bits per heavy atom. The van der Waals surface area contributed by atoms with Gasteiger partial charge >= 0.3 is 0 Å². The van der Waals surface area contributed by atoms with E-state index in [0.29, 0.717) is 23.1 Å². The van der Waals surface area contributed by atoms with Crippen LogP contribution >= 0.6 is 27.5 Å². The number of pyridine rings is 1. The van der Waals surface area contributed by atoms with Crippen LogP contribution in [0.1, 0.15) is 5.56 Å². The van der Waals surface area contributed by atoms with E-state index in [1.807, 2.05) is 18.2 Å². The lowest BCUT2D eigenvalue weighted by molar-refractivity contribution is 0.0510. The summed E-state index contributed by atoms with van der Waals surface area (Å²) in [4.78, 5) is 3.96. The van der Waals surface area contributed by atoms with Gasteiger partial charge in [-0.15, -0.1) is 0 Å². The van der Waals surface area contributed by atoms with Crippen LogP contribution in [0.25, 0.3) is 0 Å². The molecule has 1 aromatic heterocycles. The first-order chi connectivity index (χ1) is 9.72. The van der Waals surface area contributed by atoms with Crippen LogP contribution in [0.15, 0.2) is 41.1 Å². The minimum atomic E-state index is 0.130. The van der Waals surface area contributed by atoms with Crippen molar-refractivity contribution in [3.05, 3.63) is 51.7 Å². The minimum Gasteiger partial charge on any atom is -0.486 e. The van der Waals surface area contributed by atoms with E-state index in [4.69, 9.17) is 25.8 Å². The second kappa shape index (κ2) is 7.47. The zero-order chi connectivity index (χ0) is 14.4. The summed E-state index contributed by atoms with van der Waals surface area (Å²) in [5, 5.41) is 0.408. The van der Waals surface area contributed by atoms with Gasteiger partial charge in [-0.2, -0.15) is 0 Å². The van der Waals surface area contributed by atoms with Gasteiger partial charge in [0.1, 0.15) is 17.4 Å². The molecule has 0 aliphatic heterocycles. The van der Waals surface area contributed by atoms with Crippen LogP contribution in [0.3, 0.4) is 0 Å². The third-order valence-electron chi connectivity index (χ3n) is 2.48. The second-order valence-electron chi connectivity index (χ2n) is 3.88. The Bertz CT molecular complexity index is 566. The van der Waals surface area contributed by atoms with E-state index in [0.717, 1.165) is 10.0 Å². The summed E-state index contributed by atoms with van der Waals surface area (Å²) in [6.45, 7) is 0.527. The molecule has 0 aliphatic carbocycles. The van der Waals surface area contributed by atoms with Gasteiger partial charge in [0.2, 0.25) is 0 Å². The number of benzene rings is 1. The van der Waals surface area contributed by atoms with E-state index in [2.05, 4.69) is 20.9 Å². The van der Waals surface area contributed by atoms with Crippen LogP contribution < -0.4 is 9.47 Å². The van der Waals surface area contributed by atoms with E-state index in [1.165, 1.54) is 0 Å². The highest BCUT2D eigenvalue weighted by Gasteiger charge is 2.13. The van der Waals surface area contributed by atoms with Gasteiger partial charge in [-0.1, -0.05) is 11.6 Å². The molecule has 2 rings (SSSR count). The standard InChI is InChI=1S/C14H13BrClNO3/c1-18-9-20-12-3-2-11(15)14(13(12)16)19-8-10-4-6-17-7-5-10/h2-7H,8-9H2,1H3. The van der Waals surface area contributed by atoms with Crippen molar-refractivity contribution in [3.63, 3.8) is 0 Å². The largest absolute Gasteiger partial charge is 0.486 e. The molecule has 4 nitrogen and oxygen atoms in total. The maximum Gasteiger partial charge on any atom is 0.188 e. The zero-order valence-electron chi connectivity index (χ0n) is 10.8. The van der Waals surface area contributed by atoms with Gasteiger partial charge in [-0.3, -0.25) is 4.98 Å². The van der Waals surface area contributed by atoms with Gasteiger partial charge in [-0.05, 0) is 45.8 Å². The topological polar surface area (TPSA) is 40.6 Å². The van der Waals surface area contributed by atoms with Crippen molar-refractivity contribution < 1.29 is 14.2 Å². The van der Waals surface area contributed by atoms with Crippen molar-refractivity contribution >= 4 is 27.5 Å². The lowest BCUT2D eigenvalue weighted by Crippen LogP contribution is -2.01. The number of halogens is 2. The Balaban J connectivity index is 2.14. The van der Waals surface area contributed by atoms with Crippen molar-refractivity contribution in [2.45, 2.75) is 6.61 Å². The summed E-state index contributed by atoms with van der Waals surface area (Å²) in [5.74, 6) is 1.05. The first-order valence-electron chi connectivity index (χ1n) is 5.84. The molecule has 0 spiro atoms. The lowest BCUT2D eigenvalue weighted by atomic mass is 10.3.